The fourth-order valence-corrected chi connectivity index (χ4v) is 3.74. The summed E-state index contributed by atoms with van der Waals surface area (Å²) in [5.74, 6) is 0.849. The second-order valence-corrected chi connectivity index (χ2v) is 6.59. The summed E-state index contributed by atoms with van der Waals surface area (Å²) in [6.07, 6.45) is 9.64. The first-order valence-electron chi connectivity index (χ1n) is 8.90. The van der Waals surface area contributed by atoms with Crippen LogP contribution in [0, 0.1) is 6.92 Å². The van der Waals surface area contributed by atoms with Gasteiger partial charge < -0.3 is 9.97 Å². The van der Waals surface area contributed by atoms with E-state index in [1.165, 1.54) is 0 Å². The fraction of sp³-hybridized carbons (Fsp3) is 0.0435. The summed E-state index contributed by atoms with van der Waals surface area (Å²) in [6.45, 7) is 5.90. The van der Waals surface area contributed by atoms with Gasteiger partial charge in [-0.3, -0.25) is 4.98 Å². The number of aromatic nitrogens is 4. The molecule has 0 aliphatic carbocycles. The molecule has 0 bridgehead atoms. The van der Waals surface area contributed by atoms with Crippen molar-refractivity contribution in [2.75, 3.05) is 0 Å². The quantitative estimate of drug-likeness (QED) is 0.406. The van der Waals surface area contributed by atoms with Crippen molar-refractivity contribution in [1.82, 2.24) is 19.9 Å². The van der Waals surface area contributed by atoms with E-state index in [-0.39, 0.29) is 0 Å². The molecule has 4 nitrogen and oxygen atoms in total. The summed E-state index contributed by atoms with van der Waals surface area (Å²) in [7, 11) is 0. The van der Waals surface area contributed by atoms with Crippen LogP contribution in [0.15, 0.2) is 67.5 Å². The number of allylic oxidation sites excluding steroid dienone is 2. The van der Waals surface area contributed by atoms with Crippen molar-refractivity contribution < 1.29 is 0 Å². The van der Waals surface area contributed by atoms with Gasteiger partial charge in [-0.05, 0) is 30.2 Å². The molecule has 3 heterocycles. The summed E-state index contributed by atoms with van der Waals surface area (Å²) < 4.78 is 0. The summed E-state index contributed by atoms with van der Waals surface area (Å²) >= 11 is 0. The van der Waals surface area contributed by atoms with Crippen molar-refractivity contribution in [2.24, 2.45) is 0 Å². The molecule has 3 aromatic heterocycles. The summed E-state index contributed by atoms with van der Waals surface area (Å²) in [5, 5.41) is 2.26. The number of rotatable bonds is 3. The lowest BCUT2D eigenvalue weighted by atomic mass is 10.00. The van der Waals surface area contributed by atoms with Crippen LogP contribution in [0.5, 0.6) is 0 Å². The van der Waals surface area contributed by atoms with Crippen LogP contribution >= 0.6 is 0 Å². The lowest BCUT2D eigenvalue weighted by Gasteiger charge is -2.07. The lowest BCUT2D eigenvalue weighted by molar-refractivity contribution is 1.33. The molecule has 0 amide bonds. The number of hydrogen-bond acceptors (Lipinski definition) is 2. The van der Waals surface area contributed by atoms with E-state index in [2.05, 4.69) is 52.7 Å². The van der Waals surface area contributed by atoms with Crippen molar-refractivity contribution in [3.8, 4) is 11.4 Å². The number of para-hydroxylation sites is 1. The highest BCUT2D eigenvalue weighted by Crippen LogP contribution is 2.34. The van der Waals surface area contributed by atoms with E-state index >= 15 is 0 Å². The Kier molecular flexibility index (Phi) is 3.44. The van der Waals surface area contributed by atoms with Crippen LogP contribution in [0.3, 0.4) is 0 Å². The Labute approximate surface area is 156 Å². The Morgan fingerprint density at radius 2 is 1.89 bits per heavy atom. The average Bonchev–Trinajstić information content (AvgIpc) is 3.32. The molecule has 0 radical (unpaired) electrons. The predicted octanol–water partition coefficient (Wildman–Crippen LogP) is 5.77. The molecule has 5 rings (SSSR count). The molecule has 5 aromatic rings. The van der Waals surface area contributed by atoms with Crippen LogP contribution in [0.2, 0.25) is 0 Å². The minimum absolute atomic E-state index is 0.849. The normalized spacial score (nSPS) is 11.9. The van der Waals surface area contributed by atoms with Crippen molar-refractivity contribution in [3.63, 3.8) is 0 Å². The van der Waals surface area contributed by atoms with E-state index < -0.39 is 0 Å². The molecule has 130 valence electrons. The van der Waals surface area contributed by atoms with Gasteiger partial charge in [-0.2, -0.15) is 0 Å². The van der Waals surface area contributed by atoms with E-state index in [4.69, 9.17) is 4.98 Å². The van der Waals surface area contributed by atoms with Crippen molar-refractivity contribution in [1.29, 1.82) is 0 Å². The van der Waals surface area contributed by atoms with Crippen LogP contribution in [0.25, 0.3) is 50.3 Å². The van der Waals surface area contributed by atoms with Gasteiger partial charge in [0.2, 0.25) is 0 Å². The molecule has 4 heteroatoms. The first kappa shape index (κ1) is 15.6. The minimum Gasteiger partial charge on any atom is -0.360 e. The zero-order valence-electron chi connectivity index (χ0n) is 15.0. The Morgan fingerprint density at radius 1 is 1.04 bits per heavy atom. The monoisotopic (exact) mass is 350 g/mol. The largest absolute Gasteiger partial charge is 0.360 e. The number of aryl methyl sites for hydroxylation is 1. The molecule has 0 aliphatic rings. The number of nitrogens with zero attached hydrogens (tertiary/aromatic N) is 2. The summed E-state index contributed by atoms with van der Waals surface area (Å²) in [5.41, 5.74) is 7.27. The van der Waals surface area contributed by atoms with Crippen LogP contribution in [0.1, 0.15) is 11.1 Å². The topological polar surface area (TPSA) is 57.4 Å². The number of aromatic amines is 2. The van der Waals surface area contributed by atoms with Gasteiger partial charge in [0.05, 0.1) is 16.6 Å². The first-order valence-corrected chi connectivity index (χ1v) is 8.90. The third-order valence-electron chi connectivity index (χ3n) is 5.04. The number of imidazole rings is 1. The number of pyridine rings is 1. The molecule has 0 atom stereocenters. The minimum atomic E-state index is 0.849. The standard InChI is InChI=1S/C23H18N4/c1-3-4-8-15-14(2)20-22(21-17(15)10-7-12-24-21)27-23(26-20)18-13-25-19-11-6-5-9-16(18)19/h3-13,25H,1H2,2H3,(H,26,27)/b8-4-. The highest BCUT2D eigenvalue weighted by molar-refractivity contribution is 6.09. The number of benzene rings is 2. The van der Waals surface area contributed by atoms with E-state index in [0.29, 0.717) is 0 Å². The predicted molar refractivity (Wildman–Crippen MR) is 113 cm³/mol. The van der Waals surface area contributed by atoms with E-state index in [1.807, 2.05) is 36.7 Å². The smallest absolute Gasteiger partial charge is 0.140 e. The summed E-state index contributed by atoms with van der Waals surface area (Å²) in [6, 6.07) is 12.3. The van der Waals surface area contributed by atoms with E-state index in [0.717, 1.165) is 55.4 Å². The number of fused-ring (bicyclic) bond motifs is 4. The van der Waals surface area contributed by atoms with Gasteiger partial charge in [-0.25, -0.2) is 4.98 Å². The van der Waals surface area contributed by atoms with Gasteiger partial charge in [0.1, 0.15) is 5.82 Å². The Balaban J connectivity index is 1.86. The number of hydrogen-bond donors (Lipinski definition) is 2. The molecule has 0 fully saturated rings. The highest BCUT2D eigenvalue weighted by Gasteiger charge is 2.17. The van der Waals surface area contributed by atoms with Crippen molar-refractivity contribution in [2.45, 2.75) is 6.92 Å². The second kappa shape index (κ2) is 5.95. The van der Waals surface area contributed by atoms with Gasteiger partial charge in [0.25, 0.3) is 0 Å². The number of nitrogens with one attached hydrogen (secondary N) is 2. The molecule has 2 N–H and O–H groups in total. The molecular formula is C23H18N4. The maximum atomic E-state index is 4.95. The van der Waals surface area contributed by atoms with E-state index in [1.54, 1.807) is 6.08 Å². The third kappa shape index (κ3) is 2.30. The fourth-order valence-electron chi connectivity index (χ4n) is 3.74. The molecule has 27 heavy (non-hydrogen) atoms. The zero-order valence-corrected chi connectivity index (χ0v) is 15.0. The second-order valence-electron chi connectivity index (χ2n) is 6.59. The van der Waals surface area contributed by atoms with Gasteiger partial charge in [0.15, 0.2) is 0 Å². The maximum absolute atomic E-state index is 4.95. The van der Waals surface area contributed by atoms with Gasteiger partial charge in [0, 0.05) is 34.2 Å². The molecule has 0 spiro atoms. The van der Waals surface area contributed by atoms with Gasteiger partial charge >= 0.3 is 0 Å². The third-order valence-corrected chi connectivity index (χ3v) is 5.04. The van der Waals surface area contributed by atoms with Crippen LogP contribution in [-0.2, 0) is 0 Å². The van der Waals surface area contributed by atoms with Crippen LogP contribution in [0.4, 0.5) is 0 Å². The molecule has 0 aliphatic heterocycles. The molecule has 0 saturated carbocycles. The zero-order chi connectivity index (χ0) is 18.4. The molecule has 0 unspecified atom stereocenters. The maximum Gasteiger partial charge on any atom is 0.140 e. The Bertz CT molecular complexity index is 1350. The lowest BCUT2D eigenvalue weighted by Crippen LogP contribution is -1.90. The number of H-pyrrole nitrogens is 2. The summed E-state index contributed by atoms with van der Waals surface area (Å²) in [4.78, 5) is 16.4. The van der Waals surface area contributed by atoms with Crippen LogP contribution < -0.4 is 0 Å². The highest BCUT2D eigenvalue weighted by atomic mass is 14.9. The van der Waals surface area contributed by atoms with Gasteiger partial charge in [-0.15, -0.1) is 0 Å². The SMILES string of the molecule is C=C/C=C\c1c(C)c2nc(-c3c[nH]c4ccccc34)[nH]c2c2ncccc12. The van der Waals surface area contributed by atoms with Crippen molar-refractivity contribution in [3.05, 3.63) is 78.6 Å². The first-order chi connectivity index (χ1) is 13.3. The van der Waals surface area contributed by atoms with Crippen molar-refractivity contribution >= 4 is 38.9 Å². The molecule has 2 aromatic carbocycles. The van der Waals surface area contributed by atoms with E-state index in [9.17, 15) is 0 Å². The van der Waals surface area contributed by atoms with Crippen LogP contribution in [-0.4, -0.2) is 19.9 Å². The average molecular weight is 350 g/mol. The molecule has 0 saturated heterocycles. The molecular weight excluding hydrogens is 332 g/mol. The Hall–Kier alpha value is -3.66. The Morgan fingerprint density at radius 3 is 2.78 bits per heavy atom. The van der Waals surface area contributed by atoms with Gasteiger partial charge in [-0.1, -0.05) is 49.1 Å².